The average molecular weight is 282 g/mol. The minimum absolute atomic E-state index is 0.0755. The van der Waals surface area contributed by atoms with Crippen LogP contribution in [0.5, 0.6) is 0 Å². The Balaban J connectivity index is 2.14. The van der Waals surface area contributed by atoms with Crippen molar-refractivity contribution in [3.63, 3.8) is 0 Å². The highest BCUT2D eigenvalue weighted by Gasteiger charge is 2.32. The van der Waals surface area contributed by atoms with Crippen LogP contribution in [-0.2, 0) is 7.05 Å². The first-order chi connectivity index (χ1) is 9.32. The molecule has 0 aliphatic heterocycles. The molecule has 0 saturated heterocycles. The van der Waals surface area contributed by atoms with Gasteiger partial charge in [0.25, 0.3) is 5.56 Å². The maximum atomic E-state index is 11.7. The van der Waals surface area contributed by atoms with Gasteiger partial charge in [-0.1, -0.05) is 6.92 Å². The molecule has 1 fully saturated rings. The zero-order valence-electron chi connectivity index (χ0n) is 11.9. The molecule has 20 heavy (non-hydrogen) atoms. The molecule has 1 aliphatic rings. The molecular formula is C13H22N4O3. The molecule has 0 radical (unpaired) electrons. The molecule has 1 aliphatic carbocycles. The number of rotatable bonds is 3. The van der Waals surface area contributed by atoms with Crippen LogP contribution in [0.4, 0.5) is 11.5 Å². The van der Waals surface area contributed by atoms with Crippen molar-refractivity contribution in [2.75, 3.05) is 17.6 Å². The highest BCUT2D eigenvalue weighted by atomic mass is 16.3. The van der Waals surface area contributed by atoms with E-state index >= 15 is 0 Å². The Bertz CT molecular complexity index is 597. The van der Waals surface area contributed by atoms with Gasteiger partial charge in [-0.05, 0) is 31.6 Å². The molecule has 0 aromatic carbocycles. The standard InChI is InChI=1S/C13H22N4O3/c1-8-3-5-13(20,6-4-8)7-15-9-10(14)17(2)12(19)16-11(9)18/h8,15,20H,3-7,14H2,1-2H3,(H,16,18,19). The van der Waals surface area contributed by atoms with E-state index in [1.807, 2.05) is 0 Å². The third-order valence-electron chi connectivity index (χ3n) is 4.17. The van der Waals surface area contributed by atoms with Gasteiger partial charge in [-0.3, -0.25) is 14.3 Å². The number of nitrogen functional groups attached to an aromatic ring is 1. The molecule has 7 nitrogen and oxygen atoms in total. The minimum atomic E-state index is -0.819. The Hall–Kier alpha value is -1.76. The molecule has 5 N–H and O–H groups in total. The van der Waals surface area contributed by atoms with Gasteiger partial charge in [0.15, 0.2) is 0 Å². The van der Waals surface area contributed by atoms with Crippen LogP contribution in [0.1, 0.15) is 32.6 Å². The lowest BCUT2D eigenvalue weighted by Gasteiger charge is -2.35. The van der Waals surface area contributed by atoms with E-state index in [0.29, 0.717) is 18.8 Å². The van der Waals surface area contributed by atoms with Gasteiger partial charge in [0, 0.05) is 13.6 Å². The zero-order chi connectivity index (χ0) is 14.9. The SMILES string of the molecule is CC1CCC(O)(CNc2c(N)n(C)c(=O)[nH]c2=O)CC1. The molecule has 112 valence electrons. The second-order valence-corrected chi connectivity index (χ2v) is 5.84. The number of nitrogens with one attached hydrogen (secondary N) is 2. The molecule has 0 bridgehead atoms. The number of nitrogens with zero attached hydrogens (tertiary/aromatic N) is 1. The van der Waals surface area contributed by atoms with Crippen LogP contribution in [0.15, 0.2) is 9.59 Å². The lowest BCUT2D eigenvalue weighted by Crippen LogP contribution is -2.42. The maximum absolute atomic E-state index is 11.7. The molecule has 0 atom stereocenters. The van der Waals surface area contributed by atoms with Gasteiger partial charge in [-0.2, -0.15) is 0 Å². The van der Waals surface area contributed by atoms with Gasteiger partial charge in [-0.15, -0.1) is 0 Å². The molecule has 7 heteroatoms. The normalized spacial score (nSPS) is 26.4. The van der Waals surface area contributed by atoms with Crippen molar-refractivity contribution in [2.24, 2.45) is 13.0 Å². The summed E-state index contributed by atoms with van der Waals surface area (Å²) in [7, 11) is 1.48. The first-order valence-electron chi connectivity index (χ1n) is 6.87. The Kier molecular flexibility index (Phi) is 3.89. The number of aromatic amines is 1. The highest BCUT2D eigenvalue weighted by Crippen LogP contribution is 2.31. The minimum Gasteiger partial charge on any atom is -0.388 e. The van der Waals surface area contributed by atoms with E-state index in [0.717, 1.165) is 17.4 Å². The van der Waals surface area contributed by atoms with Gasteiger partial charge in [0.1, 0.15) is 11.5 Å². The Morgan fingerprint density at radius 2 is 2.05 bits per heavy atom. The molecule has 0 spiro atoms. The lowest BCUT2D eigenvalue weighted by molar-refractivity contribution is 0.00500. The molecule has 0 amide bonds. The van der Waals surface area contributed by atoms with Gasteiger partial charge in [-0.25, -0.2) is 4.79 Å². The number of hydrogen-bond donors (Lipinski definition) is 4. The van der Waals surface area contributed by atoms with Crippen LogP contribution in [0.2, 0.25) is 0 Å². The zero-order valence-corrected chi connectivity index (χ0v) is 11.9. The Labute approximate surface area is 116 Å². The second kappa shape index (κ2) is 5.32. The Morgan fingerprint density at radius 3 is 2.65 bits per heavy atom. The smallest absolute Gasteiger partial charge is 0.329 e. The van der Waals surface area contributed by atoms with E-state index in [-0.39, 0.29) is 18.1 Å². The molecule has 1 heterocycles. The van der Waals surface area contributed by atoms with Crippen molar-refractivity contribution >= 4 is 11.5 Å². The topological polar surface area (TPSA) is 113 Å². The molecule has 2 rings (SSSR count). The summed E-state index contributed by atoms with van der Waals surface area (Å²) < 4.78 is 1.16. The van der Waals surface area contributed by atoms with Crippen molar-refractivity contribution in [1.29, 1.82) is 0 Å². The van der Waals surface area contributed by atoms with Crippen molar-refractivity contribution in [2.45, 2.75) is 38.2 Å². The fourth-order valence-corrected chi connectivity index (χ4v) is 2.54. The summed E-state index contributed by atoms with van der Waals surface area (Å²) in [6, 6.07) is 0. The summed E-state index contributed by atoms with van der Waals surface area (Å²) in [6.07, 6.45) is 3.34. The molecule has 0 unspecified atom stereocenters. The van der Waals surface area contributed by atoms with E-state index in [1.165, 1.54) is 7.05 Å². The summed E-state index contributed by atoms with van der Waals surface area (Å²) in [5.41, 5.74) is 3.97. The average Bonchev–Trinajstić information content (AvgIpc) is 2.40. The predicted molar refractivity (Wildman–Crippen MR) is 77.8 cm³/mol. The lowest BCUT2D eigenvalue weighted by atomic mass is 9.79. The van der Waals surface area contributed by atoms with E-state index in [4.69, 9.17) is 5.73 Å². The number of aromatic nitrogens is 2. The summed E-state index contributed by atoms with van der Waals surface area (Å²) in [5, 5.41) is 13.4. The van der Waals surface area contributed by atoms with Crippen molar-refractivity contribution in [1.82, 2.24) is 9.55 Å². The third kappa shape index (κ3) is 2.87. The van der Waals surface area contributed by atoms with Crippen LogP contribution >= 0.6 is 0 Å². The number of anilines is 2. The van der Waals surface area contributed by atoms with Gasteiger partial charge >= 0.3 is 5.69 Å². The third-order valence-corrected chi connectivity index (χ3v) is 4.17. The van der Waals surface area contributed by atoms with Crippen LogP contribution in [0, 0.1) is 5.92 Å². The number of aliphatic hydroxyl groups is 1. The monoisotopic (exact) mass is 282 g/mol. The number of nitrogens with two attached hydrogens (primary N) is 1. The molecule has 1 aromatic heterocycles. The highest BCUT2D eigenvalue weighted by molar-refractivity contribution is 5.60. The quantitative estimate of drug-likeness (QED) is 0.623. The van der Waals surface area contributed by atoms with E-state index in [2.05, 4.69) is 17.2 Å². The summed E-state index contributed by atoms with van der Waals surface area (Å²) in [6.45, 7) is 2.42. The van der Waals surface area contributed by atoms with E-state index in [9.17, 15) is 14.7 Å². The molecule has 1 aromatic rings. The summed E-state index contributed by atoms with van der Waals surface area (Å²) in [4.78, 5) is 25.3. The van der Waals surface area contributed by atoms with Crippen LogP contribution < -0.4 is 22.3 Å². The summed E-state index contributed by atoms with van der Waals surface area (Å²) >= 11 is 0. The van der Waals surface area contributed by atoms with Gasteiger partial charge < -0.3 is 16.2 Å². The van der Waals surface area contributed by atoms with E-state index in [1.54, 1.807) is 0 Å². The van der Waals surface area contributed by atoms with Crippen LogP contribution in [-0.4, -0.2) is 26.8 Å². The van der Waals surface area contributed by atoms with Crippen LogP contribution in [0.3, 0.4) is 0 Å². The predicted octanol–water partition coefficient (Wildman–Crippen LogP) is 0.00890. The van der Waals surface area contributed by atoms with Gasteiger partial charge in [0.05, 0.1) is 5.60 Å². The van der Waals surface area contributed by atoms with Crippen molar-refractivity contribution in [3.05, 3.63) is 20.8 Å². The molecular weight excluding hydrogens is 260 g/mol. The number of H-pyrrole nitrogens is 1. The second-order valence-electron chi connectivity index (χ2n) is 5.84. The van der Waals surface area contributed by atoms with Crippen molar-refractivity contribution in [3.8, 4) is 0 Å². The molecule has 1 saturated carbocycles. The largest absolute Gasteiger partial charge is 0.388 e. The van der Waals surface area contributed by atoms with E-state index < -0.39 is 16.9 Å². The van der Waals surface area contributed by atoms with Crippen molar-refractivity contribution < 1.29 is 5.11 Å². The van der Waals surface area contributed by atoms with Gasteiger partial charge in [0.2, 0.25) is 0 Å². The fourth-order valence-electron chi connectivity index (χ4n) is 2.54. The Morgan fingerprint density at radius 1 is 1.45 bits per heavy atom. The maximum Gasteiger partial charge on any atom is 0.329 e. The number of hydrogen-bond acceptors (Lipinski definition) is 5. The summed E-state index contributed by atoms with van der Waals surface area (Å²) in [5.74, 6) is 0.702. The first kappa shape index (κ1) is 14.6. The van der Waals surface area contributed by atoms with Crippen LogP contribution in [0.25, 0.3) is 0 Å². The fraction of sp³-hybridized carbons (Fsp3) is 0.692. The first-order valence-corrected chi connectivity index (χ1v) is 6.87.